The number of nitrogens with zero attached hydrogens (tertiary/aromatic N) is 1. The van der Waals surface area contributed by atoms with Gasteiger partial charge in [-0.3, -0.25) is 19.8 Å². The van der Waals surface area contributed by atoms with Crippen LogP contribution in [0.25, 0.3) is 6.08 Å². The predicted octanol–water partition coefficient (Wildman–Crippen LogP) is 4.45. The first kappa shape index (κ1) is 23.3. The van der Waals surface area contributed by atoms with Crippen LogP contribution in [0.4, 0.5) is 5.69 Å². The molecule has 6 nitrogen and oxygen atoms in total. The molecule has 0 saturated carbocycles. The zero-order chi connectivity index (χ0) is 22.7. The first-order valence-electron chi connectivity index (χ1n) is 8.57. The summed E-state index contributed by atoms with van der Waals surface area (Å²) >= 11 is 19.6. The van der Waals surface area contributed by atoms with Crippen LogP contribution in [0.15, 0.2) is 35.9 Å². The van der Waals surface area contributed by atoms with Gasteiger partial charge >= 0.3 is 0 Å². The van der Waals surface area contributed by atoms with E-state index in [4.69, 9.17) is 51.3 Å². The summed E-state index contributed by atoms with van der Waals surface area (Å²) in [5.74, 6) is 1.99. The lowest BCUT2D eigenvalue weighted by Gasteiger charge is -2.29. The van der Waals surface area contributed by atoms with Gasteiger partial charge in [-0.25, -0.2) is 0 Å². The lowest BCUT2D eigenvalue weighted by atomic mass is 10.1. The van der Waals surface area contributed by atoms with Gasteiger partial charge in [0.1, 0.15) is 12.2 Å². The molecule has 0 bridgehead atoms. The SMILES string of the molecule is C#CCOc1c(I)cc(/C=C2\C(=O)NC(=S)N(c3cccc(Cl)c3Cl)C2=O)cc1OC. The lowest BCUT2D eigenvalue weighted by Crippen LogP contribution is -2.54. The number of benzene rings is 2. The smallest absolute Gasteiger partial charge is 0.270 e. The molecule has 10 heteroatoms. The number of hydrogen-bond donors (Lipinski definition) is 1. The molecule has 3 rings (SSSR count). The maximum atomic E-state index is 13.2. The van der Waals surface area contributed by atoms with E-state index in [2.05, 4.69) is 33.8 Å². The van der Waals surface area contributed by atoms with E-state index in [0.717, 1.165) is 4.90 Å². The molecular formula is C21H13Cl2IN2O4S. The number of terminal acetylenes is 1. The molecule has 2 aromatic rings. The second-order valence-corrected chi connectivity index (χ2v) is 8.39. The first-order valence-corrected chi connectivity index (χ1v) is 10.8. The highest BCUT2D eigenvalue weighted by molar-refractivity contribution is 14.1. The van der Waals surface area contributed by atoms with Crippen molar-refractivity contribution in [2.24, 2.45) is 0 Å². The summed E-state index contributed by atoms with van der Waals surface area (Å²) in [7, 11) is 1.48. The highest BCUT2D eigenvalue weighted by Crippen LogP contribution is 2.36. The van der Waals surface area contributed by atoms with Crippen LogP contribution in [0.5, 0.6) is 11.5 Å². The Bertz CT molecular complexity index is 1180. The van der Waals surface area contributed by atoms with Crippen LogP contribution < -0.4 is 19.7 Å². The third kappa shape index (κ3) is 4.80. The molecule has 0 aromatic heterocycles. The third-order valence-corrected chi connectivity index (χ3v) is 6.03. The zero-order valence-electron chi connectivity index (χ0n) is 15.9. The van der Waals surface area contributed by atoms with Gasteiger partial charge in [0.2, 0.25) is 0 Å². The molecule has 0 atom stereocenters. The Kier molecular flexibility index (Phi) is 7.43. The maximum Gasteiger partial charge on any atom is 0.270 e. The largest absolute Gasteiger partial charge is 0.493 e. The quantitative estimate of drug-likeness (QED) is 0.184. The summed E-state index contributed by atoms with van der Waals surface area (Å²) in [6.45, 7) is 0.0699. The van der Waals surface area contributed by atoms with Crippen LogP contribution in [-0.2, 0) is 9.59 Å². The van der Waals surface area contributed by atoms with Gasteiger partial charge in [0.15, 0.2) is 16.6 Å². The average molecular weight is 587 g/mol. The second-order valence-electron chi connectivity index (χ2n) is 6.06. The normalized spacial score (nSPS) is 15.0. The molecule has 0 radical (unpaired) electrons. The van der Waals surface area contributed by atoms with Crippen molar-refractivity contribution in [1.82, 2.24) is 5.32 Å². The molecule has 1 aliphatic heterocycles. The molecule has 1 fully saturated rings. The van der Waals surface area contributed by atoms with Gasteiger partial charge < -0.3 is 9.47 Å². The van der Waals surface area contributed by atoms with E-state index in [1.54, 1.807) is 30.3 Å². The topological polar surface area (TPSA) is 67.9 Å². The summed E-state index contributed by atoms with van der Waals surface area (Å²) in [5, 5.41) is 2.80. The average Bonchev–Trinajstić information content (AvgIpc) is 2.73. The molecule has 158 valence electrons. The van der Waals surface area contributed by atoms with Crippen molar-refractivity contribution in [2.45, 2.75) is 0 Å². The Morgan fingerprint density at radius 3 is 2.74 bits per heavy atom. The minimum Gasteiger partial charge on any atom is -0.493 e. The van der Waals surface area contributed by atoms with E-state index in [1.165, 1.54) is 13.2 Å². The number of hydrogen-bond acceptors (Lipinski definition) is 5. The summed E-state index contributed by atoms with van der Waals surface area (Å²) in [6.07, 6.45) is 6.68. The number of amides is 2. The standard InChI is InChI=1S/C21H13Cl2IN2O4S/c1-3-7-30-18-14(24)9-11(10-16(18)29-2)8-12-19(27)25-21(31)26(20(12)28)15-6-4-5-13(22)17(15)23/h1,4-6,8-10H,7H2,2H3,(H,25,27,31)/b12-8+. The molecule has 1 heterocycles. The summed E-state index contributed by atoms with van der Waals surface area (Å²) in [6, 6.07) is 8.15. The van der Waals surface area contributed by atoms with Crippen molar-refractivity contribution < 1.29 is 19.1 Å². The minimum absolute atomic E-state index is 0.0699. The van der Waals surface area contributed by atoms with E-state index >= 15 is 0 Å². The molecular weight excluding hydrogens is 574 g/mol. The number of thiocarbonyl (C=S) groups is 1. The van der Waals surface area contributed by atoms with Crippen molar-refractivity contribution in [3.8, 4) is 23.8 Å². The number of methoxy groups -OCH3 is 1. The molecule has 2 amide bonds. The fourth-order valence-corrected chi connectivity index (χ4v) is 4.22. The Labute approximate surface area is 207 Å². The Morgan fingerprint density at radius 2 is 2.06 bits per heavy atom. The van der Waals surface area contributed by atoms with Crippen molar-refractivity contribution in [2.75, 3.05) is 18.6 Å². The summed E-state index contributed by atoms with van der Waals surface area (Å²) in [5.41, 5.74) is 0.665. The number of halogens is 3. The van der Waals surface area contributed by atoms with Gasteiger partial charge in [-0.15, -0.1) is 6.42 Å². The van der Waals surface area contributed by atoms with E-state index < -0.39 is 11.8 Å². The Balaban J connectivity index is 2.05. The highest BCUT2D eigenvalue weighted by Gasteiger charge is 2.35. The molecule has 0 spiro atoms. The van der Waals surface area contributed by atoms with E-state index in [0.29, 0.717) is 20.6 Å². The molecule has 2 aromatic carbocycles. The molecule has 1 aliphatic rings. The molecule has 31 heavy (non-hydrogen) atoms. The van der Waals surface area contributed by atoms with Crippen molar-refractivity contribution in [3.05, 3.63) is 55.1 Å². The van der Waals surface area contributed by atoms with Gasteiger partial charge in [0.05, 0.1) is 26.4 Å². The van der Waals surface area contributed by atoms with Gasteiger partial charge in [-0.1, -0.05) is 35.2 Å². The van der Waals surface area contributed by atoms with Gasteiger partial charge in [0.25, 0.3) is 11.8 Å². The van der Waals surface area contributed by atoms with Crippen LogP contribution >= 0.6 is 58.0 Å². The summed E-state index contributed by atoms with van der Waals surface area (Å²) in [4.78, 5) is 26.9. The summed E-state index contributed by atoms with van der Waals surface area (Å²) < 4.78 is 11.6. The number of anilines is 1. The maximum absolute atomic E-state index is 13.2. The molecule has 0 unspecified atom stereocenters. The van der Waals surface area contributed by atoms with Crippen molar-refractivity contribution in [3.63, 3.8) is 0 Å². The lowest BCUT2D eigenvalue weighted by molar-refractivity contribution is -0.122. The van der Waals surface area contributed by atoms with Gasteiger partial charge in [-0.05, 0) is 70.7 Å². The fourth-order valence-electron chi connectivity index (χ4n) is 2.79. The monoisotopic (exact) mass is 586 g/mol. The van der Waals surface area contributed by atoms with E-state index in [9.17, 15) is 9.59 Å². The molecule has 1 N–H and O–H groups in total. The number of nitrogens with one attached hydrogen (secondary N) is 1. The van der Waals surface area contributed by atoms with Crippen LogP contribution in [0.1, 0.15) is 5.56 Å². The second kappa shape index (κ2) is 9.87. The number of carbonyl (C=O) groups is 2. The minimum atomic E-state index is -0.639. The number of carbonyl (C=O) groups excluding carboxylic acids is 2. The first-order chi connectivity index (χ1) is 14.8. The number of rotatable bonds is 5. The zero-order valence-corrected chi connectivity index (χ0v) is 20.4. The molecule has 1 saturated heterocycles. The van der Waals surface area contributed by atoms with Crippen LogP contribution in [-0.4, -0.2) is 30.6 Å². The molecule has 0 aliphatic carbocycles. The third-order valence-electron chi connectivity index (χ3n) is 4.14. The Hall–Kier alpha value is -2.32. The predicted molar refractivity (Wildman–Crippen MR) is 133 cm³/mol. The van der Waals surface area contributed by atoms with Crippen molar-refractivity contribution in [1.29, 1.82) is 0 Å². The van der Waals surface area contributed by atoms with Crippen molar-refractivity contribution >= 4 is 86.7 Å². The van der Waals surface area contributed by atoms with E-state index in [1.807, 2.05) is 0 Å². The Morgan fingerprint density at radius 1 is 1.32 bits per heavy atom. The van der Waals surface area contributed by atoms with Crippen LogP contribution in [0, 0.1) is 15.9 Å². The number of ether oxygens (including phenoxy) is 2. The highest BCUT2D eigenvalue weighted by atomic mass is 127. The van der Waals surface area contributed by atoms with Gasteiger partial charge in [-0.2, -0.15) is 0 Å². The van der Waals surface area contributed by atoms with E-state index in [-0.39, 0.29) is 33.0 Å². The fraction of sp³-hybridized carbons (Fsp3) is 0.0952. The van der Waals surface area contributed by atoms with Crippen LogP contribution in [0.3, 0.4) is 0 Å². The van der Waals surface area contributed by atoms with Crippen LogP contribution in [0.2, 0.25) is 10.0 Å². The van der Waals surface area contributed by atoms with Gasteiger partial charge in [0, 0.05) is 0 Å².